The van der Waals surface area contributed by atoms with Crippen LogP contribution in [-0.4, -0.2) is 5.71 Å². The summed E-state index contributed by atoms with van der Waals surface area (Å²) in [6.07, 6.45) is 0. The molecule has 2 aromatic rings. The number of nitrogens with one attached hydrogen (secondary N) is 1. The van der Waals surface area contributed by atoms with Crippen LogP contribution in [0.5, 0.6) is 0 Å². The van der Waals surface area contributed by atoms with Gasteiger partial charge in [0.05, 0.1) is 16.7 Å². The number of hydrogen-bond donors (Lipinski definition) is 1. The van der Waals surface area contributed by atoms with Crippen molar-refractivity contribution in [3.63, 3.8) is 0 Å². The molecule has 2 aromatic carbocycles. The Hall–Kier alpha value is -2.52. The molecule has 0 aliphatic heterocycles. The van der Waals surface area contributed by atoms with Crippen LogP contribution in [-0.2, 0) is 0 Å². The molecule has 0 aliphatic carbocycles. The van der Waals surface area contributed by atoms with E-state index in [1.54, 1.807) is 0 Å². The monoisotopic (exact) mass is 357 g/mol. The molecule has 10 heteroatoms. The molecule has 0 aliphatic rings. The zero-order valence-corrected chi connectivity index (χ0v) is 11.4. The lowest BCUT2D eigenvalue weighted by Gasteiger charge is -2.13. The van der Waals surface area contributed by atoms with Gasteiger partial charge in [0.25, 0.3) is 0 Å². The van der Waals surface area contributed by atoms with Gasteiger partial charge in [0.2, 0.25) is 5.82 Å². The fourth-order valence-electron chi connectivity index (χ4n) is 2.00. The first-order valence-electron chi connectivity index (χ1n) is 5.95. The van der Waals surface area contributed by atoms with Crippen molar-refractivity contribution in [1.29, 1.82) is 5.41 Å². The molecule has 0 heterocycles. The molecule has 0 unspecified atom stereocenters. The molecule has 0 saturated heterocycles. The van der Waals surface area contributed by atoms with Crippen molar-refractivity contribution >= 4 is 5.71 Å². The first-order valence-corrected chi connectivity index (χ1v) is 5.95. The van der Waals surface area contributed by atoms with Gasteiger partial charge in [-0.05, 0) is 6.92 Å². The van der Waals surface area contributed by atoms with Gasteiger partial charge in [-0.25, -0.2) is 39.5 Å². The van der Waals surface area contributed by atoms with Gasteiger partial charge < -0.3 is 5.41 Å². The molecule has 1 N–H and O–H groups in total. The molecule has 0 fully saturated rings. The van der Waals surface area contributed by atoms with E-state index in [1.165, 1.54) is 0 Å². The molecular formula is C14H4F9N. The molecule has 0 spiro atoms. The van der Waals surface area contributed by atoms with Crippen LogP contribution < -0.4 is 0 Å². The number of rotatable bonds is 2. The summed E-state index contributed by atoms with van der Waals surface area (Å²) < 4.78 is 122. The smallest absolute Gasteiger partial charge is 0.200 e. The Bertz CT molecular complexity index is 831. The Morgan fingerprint density at radius 3 is 1.04 bits per heavy atom. The van der Waals surface area contributed by atoms with Gasteiger partial charge in [0.1, 0.15) is 0 Å². The third kappa shape index (κ3) is 2.33. The summed E-state index contributed by atoms with van der Waals surface area (Å²) in [5.74, 6) is -22.3. The van der Waals surface area contributed by atoms with E-state index >= 15 is 0 Å². The molecule has 0 saturated carbocycles. The van der Waals surface area contributed by atoms with Gasteiger partial charge in [-0.15, -0.1) is 0 Å². The summed E-state index contributed by atoms with van der Waals surface area (Å²) in [6.45, 7) is 0.762. The first kappa shape index (κ1) is 17.8. The van der Waals surface area contributed by atoms with Crippen LogP contribution in [0.4, 0.5) is 39.5 Å². The Morgan fingerprint density at radius 2 is 0.750 bits per heavy atom. The SMILES string of the molecule is CC(=N)c1c(F)c(F)c(-c2c(F)c(F)c(F)c(F)c2F)c(F)c1F. The highest BCUT2D eigenvalue weighted by molar-refractivity contribution is 5.97. The highest BCUT2D eigenvalue weighted by Crippen LogP contribution is 2.37. The van der Waals surface area contributed by atoms with E-state index in [9.17, 15) is 39.5 Å². The molecule has 128 valence electrons. The average Bonchev–Trinajstić information content (AvgIpc) is 2.52. The standard InChI is InChI=1S/C14H4F9N/c1-2(24)3-6(15)8(17)4(9(18)7(3)16)5-10(19)12(21)14(23)13(22)11(5)20/h24H,1H3. The van der Waals surface area contributed by atoms with Gasteiger partial charge in [0.15, 0.2) is 46.5 Å². The molecule has 0 bridgehead atoms. The maximum Gasteiger partial charge on any atom is 0.200 e. The van der Waals surface area contributed by atoms with Crippen molar-refractivity contribution in [1.82, 2.24) is 0 Å². The minimum atomic E-state index is -2.63. The van der Waals surface area contributed by atoms with Crippen LogP contribution >= 0.6 is 0 Å². The van der Waals surface area contributed by atoms with E-state index in [0.717, 1.165) is 6.92 Å². The van der Waals surface area contributed by atoms with Crippen molar-refractivity contribution in [2.45, 2.75) is 6.92 Å². The molecule has 0 aromatic heterocycles. The van der Waals surface area contributed by atoms with Crippen molar-refractivity contribution in [3.8, 4) is 11.1 Å². The van der Waals surface area contributed by atoms with Crippen molar-refractivity contribution in [3.05, 3.63) is 57.9 Å². The second-order valence-corrected chi connectivity index (χ2v) is 4.58. The minimum Gasteiger partial charge on any atom is -0.305 e. The van der Waals surface area contributed by atoms with Gasteiger partial charge in [-0.2, -0.15) is 0 Å². The van der Waals surface area contributed by atoms with Gasteiger partial charge in [-0.1, -0.05) is 0 Å². The number of hydrogen-bond acceptors (Lipinski definition) is 1. The highest BCUT2D eigenvalue weighted by Gasteiger charge is 2.34. The van der Waals surface area contributed by atoms with Crippen molar-refractivity contribution in [2.75, 3.05) is 0 Å². The van der Waals surface area contributed by atoms with Crippen LogP contribution in [0.2, 0.25) is 0 Å². The second kappa shape index (κ2) is 5.84. The molecule has 0 radical (unpaired) electrons. The van der Waals surface area contributed by atoms with Crippen LogP contribution in [0, 0.1) is 57.8 Å². The fourth-order valence-corrected chi connectivity index (χ4v) is 2.00. The molecule has 24 heavy (non-hydrogen) atoms. The third-order valence-electron chi connectivity index (χ3n) is 3.10. The lowest BCUT2D eigenvalue weighted by atomic mass is 9.98. The van der Waals surface area contributed by atoms with Crippen molar-refractivity contribution in [2.24, 2.45) is 0 Å². The predicted octanol–water partition coefficient (Wildman–Crippen LogP) is 4.99. The fraction of sp³-hybridized carbons (Fsp3) is 0.0714. The van der Waals surface area contributed by atoms with E-state index in [0.29, 0.717) is 0 Å². The quantitative estimate of drug-likeness (QED) is 0.339. The molecule has 1 nitrogen and oxygen atoms in total. The zero-order chi connectivity index (χ0) is 18.5. The van der Waals surface area contributed by atoms with E-state index in [4.69, 9.17) is 5.41 Å². The Labute approximate surface area is 127 Å². The largest absolute Gasteiger partial charge is 0.305 e. The van der Waals surface area contributed by atoms with Gasteiger partial charge in [-0.3, -0.25) is 0 Å². The summed E-state index contributed by atoms with van der Waals surface area (Å²) in [5.41, 5.74) is -6.71. The number of halogens is 9. The van der Waals surface area contributed by atoms with Crippen LogP contribution in [0.25, 0.3) is 11.1 Å². The topological polar surface area (TPSA) is 23.9 Å². The molecule has 0 amide bonds. The third-order valence-corrected chi connectivity index (χ3v) is 3.10. The zero-order valence-electron chi connectivity index (χ0n) is 11.4. The van der Waals surface area contributed by atoms with Gasteiger partial charge >= 0.3 is 0 Å². The molecule has 0 atom stereocenters. The normalized spacial score (nSPS) is 11.1. The summed E-state index contributed by atoms with van der Waals surface area (Å²) in [6, 6.07) is 0. The summed E-state index contributed by atoms with van der Waals surface area (Å²) in [7, 11) is 0. The minimum absolute atomic E-state index is 0.762. The van der Waals surface area contributed by atoms with E-state index in [2.05, 4.69) is 0 Å². The maximum absolute atomic E-state index is 13.9. The molecule has 2 rings (SSSR count). The van der Waals surface area contributed by atoms with Crippen LogP contribution in [0.3, 0.4) is 0 Å². The summed E-state index contributed by atoms with van der Waals surface area (Å²) >= 11 is 0. The van der Waals surface area contributed by atoms with E-state index in [-0.39, 0.29) is 0 Å². The van der Waals surface area contributed by atoms with Crippen molar-refractivity contribution < 1.29 is 39.5 Å². The predicted molar refractivity (Wildman–Crippen MR) is 64.0 cm³/mol. The summed E-state index contributed by atoms with van der Waals surface area (Å²) in [4.78, 5) is 0. The lowest BCUT2D eigenvalue weighted by molar-refractivity contribution is 0.379. The van der Waals surface area contributed by atoms with Gasteiger partial charge in [0, 0.05) is 5.71 Å². The highest BCUT2D eigenvalue weighted by atomic mass is 19.2. The van der Waals surface area contributed by atoms with Crippen LogP contribution in [0.15, 0.2) is 0 Å². The lowest BCUT2D eigenvalue weighted by Crippen LogP contribution is -2.12. The maximum atomic E-state index is 13.9. The molecular weight excluding hydrogens is 353 g/mol. The Balaban J connectivity index is 3.04. The second-order valence-electron chi connectivity index (χ2n) is 4.58. The number of benzene rings is 2. The van der Waals surface area contributed by atoms with Crippen LogP contribution in [0.1, 0.15) is 12.5 Å². The van der Waals surface area contributed by atoms with E-state index < -0.39 is 74.8 Å². The van der Waals surface area contributed by atoms with E-state index in [1.807, 2.05) is 0 Å². The Morgan fingerprint density at radius 1 is 0.500 bits per heavy atom. The first-order chi connectivity index (χ1) is 11.0. The Kier molecular flexibility index (Phi) is 4.34. The average molecular weight is 357 g/mol. The summed E-state index contributed by atoms with van der Waals surface area (Å²) in [5, 5.41) is 7.04.